The molecule has 0 saturated carbocycles. The Kier molecular flexibility index (Phi) is 4.74. The third-order valence-corrected chi connectivity index (χ3v) is 3.90. The minimum atomic E-state index is -0.0782. The zero-order valence-corrected chi connectivity index (χ0v) is 13.3. The van der Waals surface area contributed by atoms with Crippen LogP contribution in [0.1, 0.15) is 5.56 Å². The van der Waals surface area contributed by atoms with Crippen LogP contribution in [0.15, 0.2) is 78.9 Å². The van der Waals surface area contributed by atoms with E-state index in [1.54, 1.807) is 12.1 Å². The van der Waals surface area contributed by atoms with E-state index in [1.807, 2.05) is 54.6 Å². The molecule has 0 aliphatic rings. The van der Waals surface area contributed by atoms with Crippen LogP contribution in [0.5, 0.6) is 0 Å². The van der Waals surface area contributed by atoms with E-state index >= 15 is 0 Å². The van der Waals surface area contributed by atoms with Crippen LogP contribution in [0.25, 0.3) is 11.1 Å². The Balaban J connectivity index is 1.66. The number of nitrogens with one attached hydrogen (secondary N) is 1. The first-order valence-electron chi connectivity index (χ1n) is 7.41. The summed E-state index contributed by atoms with van der Waals surface area (Å²) in [4.78, 5) is 12.1. The molecule has 0 aromatic heterocycles. The normalized spacial score (nSPS) is 10.3. The van der Waals surface area contributed by atoms with Gasteiger partial charge in [0.2, 0.25) is 5.91 Å². The molecule has 3 heteroatoms. The zero-order chi connectivity index (χ0) is 16.1. The summed E-state index contributed by atoms with van der Waals surface area (Å²) in [5, 5.41) is 3.38. The Morgan fingerprint density at radius 3 is 2.09 bits per heavy atom. The van der Waals surface area contributed by atoms with Gasteiger partial charge in [-0.25, -0.2) is 0 Å². The van der Waals surface area contributed by atoms with Crippen molar-refractivity contribution in [3.05, 3.63) is 89.4 Å². The summed E-state index contributed by atoms with van der Waals surface area (Å²) in [6.07, 6.45) is 0.320. The van der Waals surface area contributed by atoms with E-state index < -0.39 is 0 Å². The highest BCUT2D eigenvalue weighted by Gasteiger charge is 2.07. The summed E-state index contributed by atoms with van der Waals surface area (Å²) < 4.78 is 0. The zero-order valence-electron chi connectivity index (χ0n) is 12.5. The number of para-hydroxylation sites is 1. The monoisotopic (exact) mass is 321 g/mol. The Morgan fingerprint density at radius 2 is 1.39 bits per heavy atom. The molecule has 1 N–H and O–H groups in total. The molecular formula is C20H16ClNO. The molecule has 0 saturated heterocycles. The van der Waals surface area contributed by atoms with Gasteiger partial charge in [0.1, 0.15) is 0 Å². The van der Waals surface area contributed by atoms with Gasteiger partial charge in [0, 0.05) is 0 Å². The molecular weight excluding hydrogens is 306 g/mol. The van der Waals surface area contributed by atoms with Gasteiger partial charge < -0.3 is 5.32 Å². The fourth-order valence-corrected chi connectivity index (χ4v) is 2.57. The summed E-state index contributed by atoms with van der Waals surface area (Å²) in [6, 6.07) is 25.4. The summed E-state index contributed by atoms with van der Waals surface area (Å²) in [7, 11) is 0. The van der Waals surface area contributed by atoms with E-state index in [2.05, 4.69) is 17.4 Å². The van der Waals surface area contributed by atoms with Crippen LogP contribution >= 0.6 is 11.6 Å². The van der Waals surface area contributed by atoms with Gasteiger partial charge in [0.05, 0.1) is 17.1 Å². The molecule has 0 heterocycles. The van der Waals surface area contributed by atoms with Crippen LogP contribution in [0, 0.1) is 0 Å². The first-order chi connectivity index (χ1) is 11.2. The lowest BCUT2D eigenvalue weighted by atomic mass is 10.0. The van der Waals surface area contributed by atoms with Gasteiger partial charge in [0.25, 0.3) is 0 Å². The molecule has 114 valence electrons. The largest absolute Gasteiger partial charge is 0.324 e. The van der Waals surface area contributed by atoms with Gasteiger partial charge in [-0.2, -0.15) is 0 Å². The number of rotatable bonds is 4. The first kappa shape index (κ1) is 15.3. The van der Waals surface area contributed by atoms with Gasteiger partial charge in [-0.05, 0) is 28.8 Å². The fourth-order valence-electron chi connectivity index (χ4n) is 2.39. The molecule has 0 radical (unpaired) electrons. The van der Waals surface area contributed by atoms with Crippen molar-refractivity contribution in [1.82, 2.24) is 0 Å². The first-order valence-corrected chi connectivity index (χ1v) is 7.79. The molecule has 1 amide bonds. The second-order valence-electron chi connectivity index (χ2n) is 5.27. The van der Waals surface area contributed by atoms with Crippen LogP contribution in [0.4, 0.5) is 5.69 Å². The van der Waals surface area contributed by atoms with Crippen molar-refractivity contribution in [3.8, 4) is 11.1 Å². The third-order valence-electron chi connectivity index (χ3n) is 3.57. The van der Waals surface area contributed by atoms with Crippen LogP contribution in [0.2, 0.25) is 5.02 Å². The minimum Gasteiger partial charge on any atom is -0.324 e. The topological polar surface area (TPSA) is 29.1 Å². The third kappa shape index (κ3) is 3.99. The van der Waals surface area contributed by atoms with Crippen molar-refractivity contribution in [1.29, 1.82) is 0 Å². The van der Waals surface area contributed by atoms with Crippen molar-refractivity contribution in [3.63, 3.8) is 0 Å². The van der Waals surface area contributed by atoms with E-state index in [4.69, 9.17) is 11.6 Å². The SMILES string of the molecule is O=C(Cc1ccc(-c2ccccc2)cc1)Nc1ccccc1Cl. The van der Waals surface area contributed by atoms with Crippen molar-refractivity contribution < 1.29 is 4.79 Å². The van der Waals surface area contributed by atoms with Gasteiger partial charge >= 0.3 is 0 Å². The fraction of sp³-hybridized carbons (Fsp3) is 0.0500. The molecule has 23 heavy (non-hydrogen) atoms. The van der Waals surface area contributed by atoms with Crippen LogP contribution in [0.3, 0.4) is 0 Å². The predicted molar refractivity (Wildman–Crippen MR) is 95.7 cm³/mol. The van der Waals surface area contributed by atoms with E-state index in [0.29, 0.717) is 17.1 Å². The molecule has 0 aliphatic heterocycles. The summed E-state index contributed by atoms with van der Waals surface area (Å²) in [6.45, 7) is 0. The Bertz CT molecular complexity index is 797. The van der Waals surface area contributed by atoms with E-state index in [0.717, 1.165) is 11.1 Å². The van der Waals surface area contributed by atoms with Crippen molar-refractivity contribution >= 4 is 23.2 Å². The second-order valence-corrected chi connectivity index (χ2v) is 5.67. The molecule has 3 aromatic rings. The smallest absolute Gasteiger partial charge is 0.228 e. The van der Waals surface area contributed by atoms with Crippen molar-refractivity contribution in [2.75, 3.05) is 5.32 Å². The van der Waals surface area contributed by atoms with Gasteiger partial charge in [-0.3, -0.25) is 4.79 Å². The highest BCUT2D eigenvalue weighted by molar-refractivity contribution is 6.33. The van der Waals surface area contributed by atoms with Gasteiger partial charge in [0.15, 0.2) is 0 Å². The second kappa shape index (κ2) is 7.12. The number of benzene rings is 3. The maximum absolute atomic E-state index is 12.1. The summed E-state index contributed by atoms with van der Waals surface area (Å²) >= 11 is 6.05. The minimum absolute atomic E-state index is 0.0782. The number of hydrogen-bond donors (Lipinski definition) is 1. The maximum atomic E-state index is 12.1. The highest BCUT2D eigenvalue weighted by Crippen LogP contribution is 2.22. The number of hydrogen-bond acceptors (Lipinski definition) is 1. The van der Waals surface area contributed by atoms with Gasteiger partial charge in [-0.1, -0.05) is 78.3 Å². The van der Waals surface area contributed by atoms with Gasteiger partial charge in [-0.15, -0.1) is 0 Å². The van der Waals surface area contributed by atoms with Crippen LogP contribution < -0.4 is 5.32 Å². The average Bonchev–Trinajstić information content (AvgIpc) is 2.58. The Hall–Kier alpha value is -2.58. The lowest BCUT2D eigenvalue weighted by Crippen LogP contribution is -2.14. The average molecular weight is 322 g/mol. The standard InChI is InChI=1S/C20H16ClNO/c21-18-8-4-5-9-19(18)22-20(23)14-15-10-12-17(13-11-15)16-6-2-1-3-7-16/h1-13H,14H2,(H,22,23). The summed E-state index contributed by atoms with van der Waals surface area (Å²) in [5.74, 6) is -0.0782. The number of amides is 1. The highest BCUT2D eigenvalue weighted by atomic mass is 35.5. The number of anilines is 1. The number of halogens is 1. The molecule has 0 atom stereocenters. The molecule has 0 fully saturated rings. The molecule has 0 spiro atoms. The summed E-state index contributed by atoms with van der Waals surface area (Å²) in [5.41, 5.74) is 3.91. The molecule has 2 nitrogen and oxygen atoms in total. The molecule has 0 unspecified atom stereocenters. The molecule has 0 bridgehead atoms. The van der Waals surface area contributed by atoms with Crippen molar-refractivity contribution in [2.24, 2.45) is 0 Å². The quantitative estimate of drug-likeness (QED) is 0.704. The maximum Gasteiger partial charge on any atom is 0.228 e. The molecule has 3 aromatic carbocycles. The Morgan fingerprint density at radius 1 is 0.783 bits per heavy atom. The molecule has 0 aliphatic carbocycles. The van der Waals surface area contributed by atoms with Crippen LogP contribution in [-0.2, 0) is 11.2 Å². The van der Waals surface area contributed by atoms with E-state index in [1.165, 1.54) is 5.56 Å². The van der Waals surface area contributed by atoms with Crippen LogP contribution in [-0.4, -0.2) is 5.91 Å². The lowest BCUT2D eigenvalue weighted by Gasteiger charge is -2.08. The van der Waals surface area contributed by atoms with Crippen molar-refractivity contribution in [2.45, 2.75) is 6.42 Å². The number of carbonyl (C=O) groups excluding carboxylic acids is 1. The van der Waals surface area contributed by atoms with E-state index in [9.17, 15) is 4.79 Å². The lowest BCUT2D eigenvalue weighted by molar-refractivity contribution is -0.115. The number of carbonyl (C=O) groups is 1. The molecule has 3 rings (SSSR count). The van der Waals surface area contributed by atoms with E-state index in [-0.39, 0.29) is 5.91 Å². The predicted octanol–water partition coefficient (Wildman–Crippen LogP) is 5.19. The Labute approximate surface area is 140 Å².